The average molecular weight is 299 g/mol. The van der Waals surface area contributed by atoms with Crippen LogP contribution < -0.4 is 5.32 Å². The topological polar surface area (TPSA) is 49.3 Å². The molecule has 0 aromatic rings. The molecule has 0 heterocycles. The minimum absolute atomic E-state index is 0.268. The molecule has 2 aliphatic rings. The van der Waals surface area contributed by atoms with Gasteiger partial charge in [0.2, 0.25) is 5.91 Å². The van der Waals surface area contributed by atoms with Gasteiger partial charge < -0.3 is 10.4 Å². The Labute approximate surface area is 127 Å². The minimum Gasteiger partial charge on any atom is -0.396 e. The standard InChI is InChI=1S/C16H29NO2S/c18-9-3-10-20-11-8-17-16(19)15-7-6-13-4-1-2-5-14(13)12-15/h13-15,18H,1-12H2,(H,17,19). The highest BCUT2D eigenvalue weighted by Gasteiger charge is 2.34. The molecule has 2 rings (SSSR count). The van der Waals surface area contributed by atoms with E-state index < -0.39 is 0 Å². The molecule has 1 amide bonds. The molecule has 2 aliphatic carbocycles. The van der Waals surface area contributed by atoms with E-state index in [2.05, 4.69) is 5.32 Å². The highest BCUT2D eigenvalue weighted by Crippen LogP contribution is 2.42. The Morgan fingerprint density at radius 2 is 1.90 bits per heavy atom. The summed E-state index contributed by atoms with van der Waals surface area (Å²) < 4.78 is 0. The third kappa shape index (κ3) is 4.96. The Hall–Kier alpha value is -0.220. The van der Waals surface area contributed by atoms with Gasteiger partial charge in [0.15, 0.2) is 0 Å². The zero-order valence-electron chi connectivity index (χ0n) is 12.5. The van der Waals surface area contributed by atoms with Crippen LogP contribution in [0.25, 0.3) is 0 Å². The molecule has 0 saturated heterocycles. The van der Waals surface area contributed by atoms with Gasteiger partial charge in [0.05, 0.1) is 0 Å². The van der Waals surface area contributed by atoms with Crippen molar-refractivity contribution in [3.8, 4) is 0 Å². The van der Waals surface area contributed by atoms with E-state index in [0.717, 1.165) is 49.1 Å². The van der Waals surface area contributed by atoms with Crippen molar-refractivity contribution in [3.63, 3.8) is 0 Å². The summed E-state index contributed by atoms with van der Waals surface area (Å²) in [7, 11) is 0. The van der Waals surface area contributed by atoms with E-state index in [4.69, 9.17) is 5.11 Å². The Kier molecular flexibility index (Phi) is 7.22. The molecule has 3 atom stereocenters. The van der Waals surface area contributed by atoms with Crippen LogP contribution in [-0.4, -0.2) is 35.7 Å². The molecule has 2 fully saturated rings. The van der Waals surface area contributed by atoms with Crippen LogP contribution in [0, 0.1) is 17.8 Å². The van der Waals surface area contributed by atoms with Crippen LogP contribution in [0.2, 0.25) is 0 Å². The van der Waals surface area contributed by atoms with Gasteiger partial charge in [-0.1, -0.05) is 25.7 Å². The molecule has 0 bridgehead atoms. The number of amides is 1. The molecule has 3 nitrogen and oxygen atoms in total. The zero-order valence-corrected chi connectivity index (χ0v) is 13.3. The number of aliphatic hydroxyl groups excluding tert-OH is 1. The van der Waals surface area contributed by atoms with Crippen molar-refractivity contribution in [2.24, 2.45) is 17.8 Å². The number of carbonyl (C=O) groups is 1. The minimum atomic E-state index is 0.268. The summed E-state index contributed by atoms with van der Waals surface area (Å²) >= 11 is 1.81. The second-order valence-electron chi connectivity index (χ2n) is 6.30. The number of thioether (sulfide) groups is 1. The molecule has 0 spiro atoms. The molecule has 0 aliphatic heterocycles. The molecule has 2 N–H and O–H groups in total. The van der Waals surface area contributed by atoms with Gasteiger partial charge in [-0.2, -0.15) is 11.8 Å². The lowest BCUT2D eigenvalue weighted by molar-refractivity contribution is -0.127. The zero-order chi connectivity index (χ0) is 14.2. The maximum atomic E-state index is 12.2. The molecule has 2 saturated carbocycles. The predicted octanol–water partition coefficient (Wildman–Crippen LogP) is 2.82. The molecule has 0 aromatic heterocycles. The van der Waals surface area contributed by atoms with Gasteiger partial charge in [-0.25, -0.2) is 0 Å². The Balaban J connectivity index is 1.60. The Morgan fingerprint density at radius 1 is 1.10 bits per heavy atom. The van der Waals surface area contributed by atoms with Crippen LogP contribution in [0.1, 0.15) is 51.4 Å². The molecule has 0 radical (unpaired) electrons. The summed E-state index contributed by atoms with van der Waals surface area (Å²) in [4.78, 5) is 12.2. The van der Waals surface area contributed by atoms with E-state index in [1.54, 1.807) is 0 Å². The molecule has 3 unspecified atom stereocenters. The van der Waals surface area contributed by atoms with Crippen molar-refractivity contribution in [3.05, 3.63) is 0 Å². The molecular weight excluding hydrogens is 270 g/mol. The maximum Gasteiger partial charge on any atom is 0.223 e. The van der Waals surface area contributed by atoms with Crippen LogP contribution in [0.3, 0.4) is 0 Å². The van der Waals surface area contributed by atoms with Gasteiger partial charge in [0.1, 0.15) is 0 Å². The first-order valence-corrected chi connectivity index (χ1v) is 9.43. The van der Waals surface area contributed by atoms with Gasteiger partial charge in [0.25, 0.3) is 0 Å². The van der Waals surface area contributed by atoms with Crippen molar-refractivity contribution >= 4 is 17.7 Å². The van der Waals surface area contributed by atoms with Gasteiger partial charge in [-0.05, 0) is 43.3 Å². The first kappa shape index (κ1) is 16.2. The fraction of sp³-hybridized carbons (Fsp3) is 0.938. The second kappa shape index (κ2) is 8.93. The Morgan fingerprint density at radius 3 is 2.70 bits per heavy atom. The molecular formula is C16H29NO2S. The van der Waals surface area contributed by atoms with Crippen molar-refractivity contribution < 1.29 is 9.90 Å². The third-order valence-electron chi connectivity index (χ3n) is 4.90. The number of fused-ring (bicyclic) bond motifs is 1. The van der Waals surface area contributed by atoms with E-state index in [1.807, 2.05) is 11.8 Å². The van der Waals surface area contributed by atoms with Gasteiger partial charge >= 0.3 is 0 Å². The van der Waals surface area contributed by atoms with Crippen LogP contribution in [0.5, 0.6) is 0 Å². The molecule has 0 aromatic carbocycles. The third-order valence-corrected chi connectivity index (χ3v) is 5.97. The van der Waals surface area contributed by atoms with Crippen molar-refractivity contribution in [2.75, 3.05) is 24.7 Å². The van der Waals surface area contributed by atoms with E-state index in [0.29, 0.717) is 0 Å². The van der Waals surface area contributed by atoms with Crippen LogP contribution >= 0.6 is 11.8 Å². The highest BCUT2D eigenvalue weighted by molar-refractivity contribution is 7.99. The monoisotopic (exact) mass is 299 g/mol. The molecule has 4 heteroatoms. The van der Waals surface area contributed by atoms with E-state index in [9.17, 15) is 4.79 Å². The summed E-state index contributed by atoms with van der Waals surface area (Å²) in [6.45, 7) is 1.05. The van der Waals surface area contributed by atoms with Crippen LogP contribution in [-0.2, 0) is 4.79 Å². The summed E-state index contributed by atoms with van der Waals surface area (Å²) in [5.74, 6) is 4.26. The number of aliphatic hydroxyl groups is 1. The van der Waals surface area contributed by atoms with Crippen molar-refractivity contribution in [1.82, 2.24) is 5.32 Å². The largest absolute Gasteiger partial charge is 0.396 e. The number of carbonyl (C=O) groups excluding carboxylic acids is 1. The second-order valence-corrected chi connectivity index (χ2v) is 7.52. The fourth-order valence-corrected chi connectivity index (χ4v) is 4.55. The summed E-state index contributed by atoms with van der Waals surface area (Å²) in [5.41, 5.74) is 0. The number of hydrogen-bond donors (Lipinski definition) is 2. The smallest absolute Gasteiger partial charge is 0.223 e. The normalized spacial score (nSPS) is 29.8. The van der Waals surface area contributed by atoms with Crippen LogP contribution in [0.15, 0.2) is 0 Å². The van der Waals surface area contributed by atoms with E-state index in [-0.39, 0.29) is 18.4 Å². The molecule has 20 heavy (non-hydrogen) atoms. The maximum absolute atomic E-state index is 12.2. The van der Waals surface area contributed by atoms with Crippen LogP contribution in [0.4, 0.5) is 0 Å². The molecule has 116 valence electrons. The summed E-state index contributed by atoms with van der Waals surface area (Å²) in [6.07, 6.45) is 9.89. The van der Waals surface area contributed by atoms with Gasteiger partial charge in [-0.15, -0.1) is 0 Å². The predicted molar refractivity (Wildman–Crippen MR) is 84.8 cm³/mol. The van der Waals surface area contributed by atoms with E-state index >= 15 is 0 Å². The first-order chi connectivity index (χ1) is 9.81. The SMILES string of the molecule is O=C(NCCSCCCO)C1CCC2CCCCC2C1. The summed E-state index contributed by atoms with van der Waals surface area (Å²) in [5, 5.41) is 11.8. The lowest BCUT2D eigenvalue weighted by Gasteiger charge is -2.38. The fourth-order valence-electron chi connectivity index (χ4n) is 3.77. The average Bonchev–Trinajstić information content (AvgIpc) is 2.50. The number of rotatable bonds is 7. The lowest BCUT2D eigenvalue weighted by atomic mass is 9.67. The van der Waals surface area contributed by atoms with Gasteiger partial charge in [0, 0.05) is 24.8 Å². The number of hydrogen-bond acceptors (Lipinski definition) is 3. The quantitative estimate of drug-likeness (QED) is 0.711. The number of nitrogens with one attached hydrogen (secondary N) is 1. The Bertz CT molecular complexity index is 298. The highest BCUT2D eigenvalue weighted by atomic mass is 32.2. The van der Waals surface area contributed by atoms with Crippen molar-refractivity contribution in [1.29, 1.82) is 0 Å². The lowest BCUT2D eigenvalue weighted by Crippen LogP contribution is -2.38. The van der Waals surface area contributed by atoms with Crippen molar-refractivity contribution in [2.45, 2.75) is 51.4 Å². The summed E-state index contributed by atoms with van der Waals surface area (Å²) in [6, 6.07) is 0. The van der Waals surface area contributed by atoms with Gasteiger partial charge in [-0.3, -0.25) is 4.79 Å². The first-order valence-electron chi connectivity index (χ1n) is 8.27. The van der Waals surface area contributed by atoms with E-state index in [1.165, 1.54) is 32.1 Å².